The van der Waals surface area contributed by atoms with Crippen molar-refractivity contribution >= 4 is 10.0 Å². The molecule has 0 bridgehead atoms. The molecule has 1 aromatic carbocycles. The molecule has 1 rings (SSSR count). The average molecular weight is 252 g/mol. The topological polar surface area (TPSA) is 70.0 Å². The Morgan fingerprint density at radius 2 is 1.94 bits per heavy atom. The summed E-state index contributed by atoms with van der Waals surface area (Å²) in [5.41, 5.74) is 0.513. The van der Waals surface area contributed by atoms with Crippen LogP contribution in [-0.2, 0) is 14.8 Å². The van der Waals surface area contributed by atoms with Crippen LogP contribution >= 0.6 is 0 Å². The highest BCUT2D eigenvalue weighted by Crippen LogP contribution is 2.33. The lowest BCUT2D eigenvalue weighted by atomic mass is 9.95. The summed E-state index contributed by atoms with van der Waals surface area (Å²) in [4.78, 5) is 0. The standard InChI is InChI=1S/C12H16N2O2S/c1-3-9-12(10-13,17(15,16)14-2)11-7-5-4-6-8-11/h4-8,14H,3,9H2,1-2H3. The summed E-state index contributed by atoms with van der Waals surface area (Å²) in [5, 5.41) is 9.36. The molecule has 0 amide bonds. The average Bonchev–Trinajstić information content (AvgIpc) is 2.36. The van der Waals surface area contributed by atoms with Crippen LogP contribution in [0.4, 0.5) is 0 Å². The third-order valence-electron chi connectivity index (χ3n) is 2.75. The number of rotatable bonds is 5. The molecule has 0 saturated heterocycles. The van der Waals surface area contributed by atoms with E-state index < -0.39 is 14.8 Å². The van der Waals surface area contributed by atoms with Crippen molar-refractivity contribution in [3.05, 3.63) is 35.9 Å². The fourth-order valence-electron chi connectivity index (χ4n) is 1.85. The summed E-state index contributed by atoms with van der Waals surface area (Å²) in [5.74, 6) is 0. The zero-order valence-corrected chi connectivity index (χ0v) is 10.8. The highest BCUT2D eigenvalue weighted by molar-refractivity contribution is 7.90. The molecule has 92 valence electrons. The van der Waals surface area contributed by atoms with Crippen molar-refractivity contribution in [2.24, 2.45) is 0 Å². The minimum absolute atomic E-state index is 0.274. The molecule has 0 aliphatic rings. The molecular formula is C12H16N2O2S. The van der Waals surface area contributed by atoms with Gasteiger partial charge in [-0.3, -0.25) is 0 Å². The van der Waals surface area contributed by atoms with Crippen molar-refractivity contribution in [3.8, 4) is 6.07 Å². The van der Waals surface area contributed by atoms with Crippen LogP contribution < -0.4 is 4.72 Å². The van der Waals surface area contributed by atoms with E-state index in [0.29, 0.717) is 12.0 Å². The molecule has 1 aromatic rings. The van der Waals surface area contributed by atoms with Crippen LogP contribution in [0.2, 0.25) is 0 Å². The van der Waals surface area contributed by atoms with Crippen LogP contribution in [0.25, 0.3) is 0 Å². The van der Waals surface area contributed by atoms with E-state index in [1.54, 1.807) is 30.3 Å². The zero-order valence-electron chi connectivity index (χ0n) is 9.97. The smallest absolute Gasteiger partial charge is 0.217 e. The minimum atomic E-state index is -3.70. The minimum Gasteiger partial charge on any atom is -0.217 e. The van der Waals surface area contributed by atoms with E-state index in [2.05, 4.69) is 4.72 Å². The fraction of sp³-hybridized carbons (Fsp3) is 0.417. The lowest BCUT2D eigenvalue weighted by molar-refractivity contribution is 0.535. The maximum Gasteiger partial charge on any atom is 0.234 e. The van der Waals surface area contributed by atoms with Gasteiger partial charge >= 0.3 is 0 Å². The molecule has 0 fully saturated rings. The molecule has 0 saturated carbocycles. The van der Waals surface area contributed by atoms with E-state index in [0.717, 1.165) is 0 Å². The van der Waals surface area contributed by atoms with E-state index in [1.807, 2.05) is 13.0 Å². The highest BCUT2D eigenvalue weighted by Gasteiger charge is 2.44. The quantitative estimate of drug-likeness (QED) is 0.868. The van der Waals surface area contributed by atoms with Crippen LogP contribution in [-0.4, -0.2) is 15.5 Å². The summed E-state index contributed by atoms with van der Waals surface area (Å²) in [7, 11) is -2.36. The van der Waals surface area contributed by atoms with Gasteiger partial charge in [0.25, 0.3) is 0 Å². The first-order valence-electron chi connectivity index (χ1n) is 5.44. The first-order valence-corrected chi connectivity index (χ1v) is 6.92. The molecule has 0 aromatic heterocycles. The van der Waals surface area contributed by atoms with Crippen molar-refractivity contribution in [1.29, 1.82) is 5.26 Å². The monoisotopic (exact) mass is 252 g/mol. The normalized spacial score (nSPS) is 14.9. The molecule has 0 spiro atoms. The highest BCUT2D eigenvalue weighted by atomic mass is 32.2. The molecule has 1 unspecified atom stereocenters. The maximum atomic E-state index is 12.1. The summed E-state index contributed by atoms with van der Waals surface area (Å²) in [6.07, 6.45) is 0.889. The Balaban J connectivity index is 3.46. The second kappa shape index (κ2) is 5.30. The summed E-state index contributed by atoms with van der Waals surface area (Å²) in [6, 6.07) is 10.6. The van der Waals surface area contributed by atoms with Crippen LogP contribution in [0, 0.1) is 11.3 Å². The maximum absolute atomic E-state index is 12.1. The molecule has 0 aliphatic carbocycles. The van der Waals surface area contributed by atoms with Crippen LogP contribution in [0.15, 0.2) is 30.3 Å². The third kappa shape index (κ3) is 2.33. The van der Waals surface area contributed by atoms with Crippen LogP contribution in [0.1, 0.15) is 25.3 Å². The molecule has 17 heavy (non-hydrogen) atoms. The summed E-state index contributed by atoms with van der Waals surface area (Å²) in [6.45, 7) is 1.86. The second-order valence-corrected chi connectivity index (χ2v) is 5.87. The lowest BCUT2D eigenvalue weighted by Gasteiger charge is -2.25. The second-order valence-electron chi connectivity index (χ2n) is 3.76. The Bertz CT molecular complexity index is 505. The molecular weight excluding hydrogens is 236 g/mol. The van der Waals surface area contributed by atoms with Crippen molar-refractivity contribution < 1.29 is 8.42 Å². The van der Waals surface area contributed by atoms with Gasteiger partial charge < -0.3 is 0 Å². The van der Waals surface area contributed by atoms with E-state index in [-0.39, 0.29) is 6.42 Å². The first kappa shape index (κ1) is 13.7. The van der Waals surface area contributed by atoms with Gasteiger partial charge in [-0.05, 0) is 19.0 Å². The van der Waals surface area contributed by atoms with E-state index in [1.165, 1.54) is 7.05 Å². The molecule has 0 radical (unpaired) electrons. The summed E-state index contributed by atoms with van der Waals surface area (Å²) < 4.78 is 25.0. The predicted octanol–water partition coefficient (Wildman–Crippen LogP) is 1.75. The van der Waals surface area contributed by atoms with Gasteiger partial charge in [-0.2, -0.15) is 5.26 Å². The largest absolute Gasteiger partial charge is 0.234 e. The number of nitrogens with one attached hydrogen (secondary N) is 1. The third-order valence-corrected chi connectivity index (χ3v) is 4.74. The summed E-state index contributed by atoms with van der Waals surface area (Å²) >= 11 is 0. The number of hydrogen-bond donors (Lipinski definition) is 1. The van der Waals surface area contributed by atoms with Crippen molar-refractivity contribution in [2.75, 3.05) is 7.05 Å². The lowest BCUT2D eigenvalue weighted by Crippen LogP contribution is -2.41. The van der Waals surface area contributed by atoms with Crippen molar-refractivity contribution in [1.82, 2.24) is 4.72 Å². The Kier molecular flexibility index (Phi) is 4.27. The molecule has 0 aliphatic heterocycles. The predicted molar refractivity (Wildman–Crippen MR) is 66.6 cm³/mol. The van der Waals surface area contributed by atoms with Gasteiger partial charge in [0.2, 0.25) is 10.0 Å². The van der Waals surface area contributed by atoms with E-state index in [9.17, 15) is 13.7 Å². The van der Waals surface area contributed by atoms with Gasteiger partial charge in [0.1, 0.15) is 0 Å². The fourth-order valence-corrected chi connectivity index (χ4v) is 3.24. The number of benzene rings is 1. The molecule has 1 atom stereocenters. The molecule has 4 nitrogen and oxygen atoms in total. The Morgan fingerprint density at radius 1 is 1.35 bits per heavy atom. The van der Waals surface area contributed by atoms with E-state index >= 15 is 0 Å². The van der Waals surface area contributed by atoms with Gasteiger partial charge in [0.05, 0.1) is 6.07 Å². The van der Waals surface area contributed by atoms with Crippen molar-refractivity contribution in [3.63, 3.8) is 0 Å². The van der Waals surface area contributed by atoms with Gasteiger partial charge in [-0.15, -0.1) is 0 Å². The van der Waals surface area contributed by atoms with Gasteiger partial charge in [-0.1, -0.05) is 43.7 Å². The Morgan fingerprint density at radius 3 is 2.35 bits per heavy atom. The number of nitriles is 1. The van der Waals surface area contributed by atoms with E-state index in [4.69, 9.17) is 0 Å². The van der Waals surface area contributed by atoms with Crippen LogP contribution in [0.5, 0.6) is 0 Å². The van der Waals surface area contributed by atoms with Gasteiger partial charge in [0.15, 0.2) is 4.75 Å². The first-order chi connectivity index (χ1) is 8.04. The number of hydrogen-bond acceptors (Lipinski definition) is 3. The van der Waals surface area contributed by atoms with Gasteiger partial charge in [0, 0.05) is 0 Å². The van der Waals surface area contributed by atoms with Crippen molar-refractivity contribution in [2.45, 2.75) is 24.5 Å². The Hall–Kier alpha value is -1.38. The molecule has 1 N–H and O–H groups in total. The molecule has 5 heteroatoms. The number of sulfonamides is 1. The van der Waals surface area contributed by atoms with Gasteiger partial charge in [-0.25, -0.2) is 13.1 Å². The molecule has 0 heterocycles. The number of nitrogens with zero attached hydrogens (tertiary/aromatic N) is 1. The Labute approximate surface area is 102 Å². The SMILES string of the molecule is CCCC(C#N)(c1ccccc1)S(=O)(=O)NC. The zero-order chi connectivity index (χ0) is 12.9. The van der Waals surface area contributed by atoms with Crippen LogP contribution in [0.3, 0.4) is 0 Å².